The molecule has 0 radical (unpaired) electrons. The van der Waals surface area contributed by atoms with Gasteiger partial charge in [0.15, 0.2) is 9.84 Å². The van der Waals surface area contributed by atoms with Gasteiger partial charge in [0.05, 0.1) is 11.5 Å². The highest BCUT2D eigenvalue weighted by Gasteiger charge is 2.47. The molecule has 2 atom stereocenters. The smallest absolute Gasteiger partial charge is 0.151 e. The van der Waals surface area contributed by atoms with Crippen LogP contribution in [0.5, 0.6) is 0 Å². The Labute approximate surface area is 104 Å². The van der Waals surface area contributed by atoms with Crippen molar-refractivity contribution in [1.82, 2.24) is 5.32 Å². The minimum absolute atomic E-state index is 0.240. The van der Waals surface area contributed by atoms with Crippen molar-refractivity contribution < 1.29 is 8.42 Å². The third-order valence-electron chi connectivity index (χ3n) is 5.19. The molecule has 0 amide bonds. The van der Waals surface area contributed by atoms with Crippen LogP contribution in [-0.4, -0.2) is 32.0 Å². The third-order valence-corrected chi connectivity index (χ3v) is 6.96. The van der Waals surface area contributed by atoms with E-state index in [1.54, 1.807) is 0 Å². The molecule has 1 saturated heterocycles. The average molecular weight is 257 g/mol. The molecule has 2 saturated carbocycles. The molecule has 3 rings (SSSR count). The van der Waals surface area contributed by atoms with Crippen LogP contribution in [-0.2, 0) is 9.84 Å². The van der Waals surface area contributed by atoms with E-state index in [-0.39, 0.29) is 6.04 Å². The van der Waals surface area contributed by atoms with Crippen molar-refractivity contribution >= 4 is 9.84 Å². The van der Waals surface area contributed by atoms with Gasteiger partial charge in [0.2, 0.25) is 0 Å². The Bertz CT molecular complexity index is 384. The molecular formula is C13H23NO2S. The van der Waals surface area contributed by atoms with Gasteiger partial charge in [-0.2, -0.15) is 0 Å². The zero-order chi connectivity index (χ0) is 11.9. The largest absolute Gasteiger partial charge is 0.310 e. The maximum atomic E-state index is 11.5. The number of hydrogen-bond acceptors (Lipinski definition) is 3. The van der Waals surface area contributed by atoms with Crippen LogP contribution >= 0.6 is 0 Å². The summed E-state index contributed by atoms with van der Waals surface area (Å²) >= 11 is 0. The molecule has 2 aliphatic carbocycles. The lowest BCUT2D eigenvalue weighted by Gasteiger charge is -2.53. The Morgan fingerprint density at radius 1 is 1.00 bits per heavy atom. The summed E-state index contributed by atoms with van der Waals surface area (Å²) in [6, 6.07) is 0.852. The zero-order valence-corrected chi connectivity index (χ0v) is 11.3. The van der Waals surface area contributed by atoms with Gasteiger partial charge in [-0.15, -0.1) is 0 Å². The Morgan fingerprint density at radius 2 is 1.76 bits per heavy atom. The molecule has 0 aromatic rings. The van der Waals surface area contributed by atoms with Crippen LogP contribution in [0.25, 0.3) is 0 Å². The lowest BCUT2D eigenvalue weighted by molar-refractivity contribution is 0.0180. The highest BCUT2D eigenvalue weighted by molar-refractivity contribution is 7.91. The predicted molar refractivity (Wildman–Crippen MR) is 68.7 cm³/mol. The van der Waals surface area contributed by atoms with Crippen molar-refractivity contribution in [3.8, 4) is 0 Å². The maximum Gasteiger partial charge on any atom is 0.151 e. The normalized spacial score (nSPS) is 39.1. The Kier molecular flexibility index (Phi) is 2.98. The average Bonchev–Trinajstić information content (AvgIpc) is 2.66. The summed E-state index contributed by atoms with van der Waals surface area (Å²) in [7, 11) is -2.73. The van der Waals surface area contributed by atoms with Gasteiger partial charge in [-0.05, 0) is 37.5 Å². The second kappa shape index (κ2) is 4.23. The fourth-order valence-corrected chi connectivity index (χ4v) is 5.71. The van der Waals surface area contributed by atoms with Crippen molar-refractivity contribution in [3.05, 3.63) is 0 Å². The molecule has 1 heterocycles. The molecule has 98 valence electrons. The minimum atomic E-state index is -2.73. The molecule has 0 aromatic carbocycles. The molecule has 1 N–H and O–H groups in total. The predicted octanol–water partition coefficient (Wildman–Crippen LogP) is 1.88. The van der Waals surface area contributed by atoms with Crippen LogP contribution in [0, 0.1) is 5.41 Å². The second-order valence-corrected chi connectivity index (χ2v) is 8.51. The maximum absolute atomic E-state index is 11.5. The number of nitrogens with one attached hydrogen (secondary N) is 1. The van der Waals surface area contributed by atoms with Gasteiger partial charge in [-0.1, -0.05) is 19.3 Å². The molecule has 1 spiro atoms. The summed E-state index contributed by atoms with van der Waals surface area (Å²) < 4.78 is 22.9. The molecule has 2 unspecified atom stereocenters. The molecule has 3 fully saturated rings. The Hall–Kier alpha value is -0.0900. The Morgan fingerprint density at radius 3 is 2.29 bits per heavy atom. The van der Waals surface area contributed by atoms with Crippen molar-refractivity contribution in [2.45, 2.75) is 63.5 Å². The van der Waals surface area contributed by atoms with E-state index in [0.29, 0.717) is 23.0 Å². The molecule has 0 bridgehead atoms. The van der Waals surface area contributed by atoms with Crippen molar-refractivity contribution in [1.29, 1.82) is 0 Å². The molecule has 17 heavy (non-hydrogen) atoms. The molecule has 3 aliphatic rings. The fourth-order valence-electron chi connectivity index (χ4n) is 4.02. The van der Waals surface area contributed by atoms with Gasteiger partial charge >= 0.3 is 0 Å². The van der Waals surface area contributed by atoms with E-state index in [1.165, 1.54) is 44.9 Å². The van der Waals surface area contributed by atoms with Gasteiger partial charge in [-0.3, -0.25) is 0 Å². The van der Waals surface area contributed by atoms with E-state index in [9.17, 15) is 8.42 Å². The van der Waals surface area contributed by atoms with Gasteiger partial charge in [0, 0.05) is 12.1 Å². The van der Waals surface area contributed by atoms with E-state index in [2.05, 4.69) is 5.32 Å². The summed E-state index contributed by atoms with van der Waals surface area (Å²) in [5.41, 5.74) is 0.546. The first-order valence-electron chi connectivity index (χ1n) is 7.06. The minimum Gasteiger partial charge on any atom is -0.310 e. The highest BCUT2D eigenvalue weighted by Crippen LogP contribution is 2.51. The monoisotopic (exact) mass is 257 g/mol. The summed E-state index contributed by atoms with van der Waals surface area (Å²) in [6.07, 6.45) is 10.3. The number of hydrogen-bond donors (Lipinski definition) is 1. The number of rotatable bonds is 2. The summed E-state index contributed by atoms with van der Waals surface area (Å²) in [4.78, 5) is 0. The van der Waals surface area contributed by atoms with Gasteiger partial charge in [0.25, 0.3) is 0 Å². The topological polar surface area (TPSA) is 46.2 Å². The third kappa shape index (κ3) is 2.26. The SMILES string of the molecule is O=S1(=O)CCC(NC2CCC23CCCCC3)C1. The van der Waals surface area contributed by atoms with Gasteiger partial charge in [0.1, 0.15) is 0 Å². The summed E-state index contributed by atoms with van der Waals surface area (Å²) in [6.45, 7) is 0. The summed E-state index contributed by atoms with van der Waals surface area (Å²) in [5.74, 6) is 0.768. The fraction of sp³-hybridized carbons (Fsp3) is 1.00. The van der Waals surface area contributed by atoms with Gasteiger partial charge < -0.3 is 5.32 Å². The number of sulfone groups is 1. The molecule has 4 heteroatoms. The van der Waals surface area contributed by atoms with Crippen LogP contribution in [0.1, 0.15) is 51.4 Å². The molecule has 3 nitrogen and oxygen atoms in total. The standard InChI is InChI=1S/C13H23NO2S/c15-17(16)9-5-11(10-17)14-12-4-8-13(12)6-2-1-3-7-13/h11-12,14H,1-10H2. The second-order valence-electron chi connectivity index (χ2n) is 6.28. The lowest BCUT2D eigenvalue weighted by atomic mass is 9.57. The van der Waals surface area contributed by atoms with Crippen molar-refractivity contribution in [2.24, 2.45) is 5.41 Å². The first kappa shape index (κ1) is 12.0. The van der Waals surface area contributed by atoms with Gasteiger partial charge in [-0.25, -0.2) is 8.42 Å². The molecular weight excluding hydrogens is 234 g/mol. The van der Waals surface area contributed by atoms with E-state index in [1.807, 2.05) is 0 Å². The van der Waals surface area contributed by atoms with E-state index < -0.39 is 9.84 Å². The van der Waals surface area contributed by atoms with Crippen LogP contribution in [0.4, 0.5) is 0 Å². The van der Waals surface area contributed by atoms with Crippen LogP contribution in [0.3, 0.4) is 0 Å². The van der Waals surface area contributed by atoms with Crippen LogP contribution in [0.15, 0.2) is 0 Å². The highest BCUT2D eigenvalue weighted by atomic mass is 32.2. The Balaban J connectivity index is 1.59. The van der Waals surface area contributed by atoms with Crippen molar-refractivity contribution in [2.75, 3.05) is 11.5 Å². The van der Waals surface area contributed by atoms with E-state index >= 15 is 0 Å². The molecule has 1 aliphatic heterocycles. The molecule has 0 aromatic heterocycles. The zero-order valence-electron chi connectivity index (χ0n) is 10.5. The first-order chi connectivity index (χ1) is 8.10. The lowest BCUT2D eigenvalue weighted by Crippen LogP contribution is -2.57. The first-order valence-corrected chi connectivity index (χ1v) is 8.88. The quantitative estimate of drug-likeness (QED) is 0.821. The van der Waals surface area contributed by atoms with E-state index in [4.69, 9.17) is 0 Å². The van der Waals surface area contributed by atoms with Crippen LogP contribution in [0.2, 0.25) is 0 Å². The summed E-state index contributed by atoms with van der Waals surface area (Å²) in [5, 5.41) is 3.65. The van der Waals surface area contributed by atoms with Crippen LogP contribution < -0.4 is 5.32 Å². The van der Waals surface area contributed by atoms with Crippen molar-refractivity contribution in [3.63, 3.8) is 0 Å². The van der Waals surface area contributed by atoms with E-state index in [0.717, 1.165) is 6.42 Å².